The Kier molecular flexibility index (Phi) is 15.9. The smallest absolute Gasteiger partial charge is 0.155 e. The van der Waals surface area contributed by atoms with E-state index in [0.717, 1.165) is 113 Å². The molecule has 0 saturated heterocycles. The first kappa shape index (κ1) is 73.5. The van der Waals surface area contributed by atoms with E-state index in [1.165, 1.54) is 134 Å². The van der Waals surface area contributed by atoms with E-state index >= 15 is 0 Å². The van der Waals surface area contributed by atoms with Crippen molar-refractivity contribution in [2.45, 2.75) is 56.8 Å². The zero-order valence-corrected chi connectivity index (χ0v) is 70.4. The number of ether oxygens (including phenoxy) is 4. The number of para-hydroxylation sites is 8. The van der Waals surface area contributed by atoms with Gasteiger partial charge in [-0.1, -0.05) is 314 Å². The van der Waals surface area contributed by atoms with E-state index in [1.54, 1.807) is 0 Å². The van der Waals surface area contributed by atoms with Gasteiger partial charge in [0.1, 0.15) is 22.7 Å². The number of nitrogens with one attached hydrogen (secondary N) is 1. The number of hydrogen-bond acceptors (Lipinski definition) is 8. The van der Waals surface area contributed by atoms with Crippen LogP contribution in [0, 0.1) is 0 Å². The maximum atomic E-state index is 6.91. The lowest BCUT2D eigenvalue weighted by Gasteiger charge is -2.41. The Morgan fingerprint density at radius 1 is 0.254 bits per heavy atom. The van der Waals surface area contributed by atoms with E-state index in [4.69, 9.17) is 18.9 Å². The van der Waals surface area contributed by atoms with Crippen molar-refractivity contribution in [1.29, 1.82) is 0 Å². The van der Waals surface area contributed by atoms with E-state index in [1.807, 2.05) is 78.9 Å². The summed E-state index contributed by atoms with van der Waals surface area (Å²) in [6.45, 7) is 9.40. The maximum absolute atomic E-state index is 6.91. The molecule has 2 spiro atoms. The lowest BCUT2D eigenvalue weighted by molar-refractivity contribution is 0.445. The molecule has 0 amide bonds. The minimum atomic E-state index is -0.496. The predicted molar refractivity (Wildman–Crippen MR) is 516 cm³/mol. The highest BCUT2D eigenvalue weighted by atomic mass is 79.9. The van der Waals surface area contributed by atoms with Crippen LogP contribution in [0.5, 0.6) is 46.0 Å². The number of halogens is 1. The van der Waals surface area contributed by atoms with Crippen molar-refractivity contribution >= 4 is 78.5 Å². The van der Waals surface area contributed by atoms with Gasteiger partial charge in [-0.05, 0) is 248 Å². The molecule has 18 aromatic rings. The maximum Gasteiger partial charge on any atom is 0.155 e. The average Bonchev–Trinajstić information content (AvgIpc) is 1.51. The Hall–Kier alpha value is -15.2. The molecule has 0 fully saturated rings. The second-order valence-corrected chi connectivity index (χ2v) is 35.8. The zero-order chi connectivity index (χ0) is 82.9. The van der Waals surface area contributed by atoms with Crippen LogP contribution in [0.15, 0.2) is 393 Å². The highest BCUT2D eigenvalue weighted by molar-refractivity contribution is 9.10. The number of fused-ring (bicyclic) bond motifs is 34. The molecule has 18 aromatic carbocycles. The van der Waals surface area contributed by atoms with Crippen molar-refractivity contribution in [2.24, 2.45) is 0 Å². The fourth-order valence-electron chi connectivity index (χ4n) is 22.9. The van der Waals surface area contributed by atoms with Crippen LogP contribution in [0.1, 0.15) is 102 Å². The van der Waals surface area contributed by atoms with E-state index < -0.39 is 5.41 Å². The van der Waals surface area contributed by atoms with Gasteiger partial charge in [0.15, 0.2) is 46.0 Å². The molecular formula is C117H81BrN4O4. The third kappa shape index (κ3) is 9.94. The summed E-state index contributed by atoms with van der Waals surface area (Å²) >= 11 is 3.65. The second kappa shape index (κ2) is 27.2. The molecular weight excluding hydrogens is 1610 g/mol. The van der Waals surface area contributed by atoms with Crippen molar-refractivity contribution in [1.82, 2.24) is 0 Å². The van der Waals surface area contributed by atoms with E-state index in [9.17, 15) is 0 Å². The Morgan fingerprint density at radius 2 is 0.571 bits per heavy atom. The predicted octanol–water partition coefficient (Wildman–Crippen LogP) is 32.3. The largest absolute Gasteiger partial charge is 0.453 e. The Morgan fingerprint density at radius 3 is 1.06 bits per heavy atom. The van der Waals surface area contributed by atoms with Crippen LogP contribution in [-0.2, 0) is 21.7 Å². The van der Waals surface area contributed by atoms with Gasteiger partial charge in [0.05, 0.1) is 33.6 Å². The van der Waals surface area contributed by atoms with Gasteiger partial charge in [-0.2, -0.15) is 0 Å². The fourth-order valence-corrected chi connectivity index (χ4v) is 23.5. The first-order valence-electron chi connectivity index (χ1n) is 43.0. The SMILES string of the molecule is Brc1cccc2c1N1c3ccccc3Oc3cccc(c31)O2.C.CC1(C)c2ccccc2-c2c(N(c3ccc4c(c3)C3(c5ccccc5-c5ccccc53)c3ccccc3-4)c3cccc4c3N3c5ccccc5Oc5cccc(c53)O4)cccc21.CC1(C)c2ccccc2-c2c(Nc3ccc4c(c3)C3(c5ccccc5-c5ccccc53)c3ccccc3-4)cccc21. The van der Waals surface area contributed by atoms with Crippen LogP contribution in [0.2, 0.25) is 0 Å². The number of anilines is 11. The van der Waals surface area contributed by atoms with Crippen LogP contribution in [-0.4, -0.2) is 0 Å². The van der Waals surface area contributed by atoms with E-state index in [2.05, 4.69) is 373 Å². The van der Waals surface area contributed by atoms with Crippen molar-refractivity contribution in [2.75, 3.05) is 20.0 Å². The molecule has 0 saturated carbocycles. The molecule has 0 atom stereocenters. The summed E-state index contributed by atoms with van der Waals surface area (Å²) in [4.78, 5) is 7.07. The normalized spacial score (nSPS) is 14.8. The molecule has 126 heavy (non-hydrogen) atoms. The lowest BCUT2D eigenvalue weighted by Crippen LogP contribution is -2.26. The Balaban J connectivity index is 0.000000115. The van der Waals surface area contributed by atoms with Crippen molar-refractivity contribution < 1.29 is 18.9 Å². The van der Waals surface area contributed by atoms with E-state index in [-0.39, 0.29) is 23.7 Å². The third-order valence-electron chi connectivity index (χ3n) is 28.0. The molecule has 10 aliphatic rings. The minimum absolute atomic E-state index is 0. The number of benzene rings is 18. The molecule has 1 N–H and O–H groups in total. The molecule has 600 valence electrons. The van der Waals surface area contributed by atoms with Crippen LogP contribution in [0.3, 0.4) is 0 Å². The Bertz CT molecular complexity index is 7570. The molecule has 4 heterocycles. The number of nitrogens with zero attached hydrogens (tertiary/aromatic N) is 3. The van der Waals surface area contributed by atoms with Gasteiger partial charge < -0.3 is 29.2 Å². The average molecular weight is 1690 g/mol. The quantitative estimate of drug-likeness (QED) is 0.183. The monoisotopic (exact) mass is 1680 g/mol. The lowest BCUT2D eigenvalue weighted by atomic mass is 9.70. The van der Waals surface area contributed by atoms with Gasteiger partial charge in [-0.3, -0.25) is 9.80 Å². The molecule has 0 bridgehead atoms. The van der Waals surface area contributed by atoms with Crippen LogP contribution in [0.4, 0.5) is 62.6 Å². The van der Waals surface area contributed by atoms with Gasteiger partial charge in [0, 0.05) is 43.5 Å². The fraction of sp³-hybridized carbons (Fsp3) is 0.0769. The topological polar surface area (TPSA) is 58.7 Å². The van der Waals surface area contributed by atoms with Crippen LogP contribution >= 0.6 is 15.9 Å². The Labute approximate surface area is 741 Å². The summed E-state index contributed by atoms with van der Waals surface area (Å²) in [5, 5.41) is 3.89. The highest BCUT2D eigenvalue weighted by Gasteiger charge is 2.55. The van der Waals surface area contributed by atoms with Gasteiger partial charge in [0.2, 0.25) is 0 Å². The van der Waals surface area contributed by atoms with Gasteiger partial charge in [-0.15, -0.1) is 0 Å². The van der Waals surface area contributed by atoms with Crippen molar-refractivity contribution in [3.05, 3.63) is 459 Å². The summed E-state index contributed by atoms with van der Waals surface area (Å²) in [7, 11) is 0. The summed E-state index contributed by atoms with van der Waals surface area (Å²) < 4.78 is 26.6. The van der Waals surface area contributed by atoms with Gasteiger partial charge in [0.25, 0.3) is 0 Å². The highest BCUT2D eigenvalue weighted by Crippen LogP contribution is 2.70. The molecule has 6 aliphatic carbocycles. The molecule has 0 unspecified atom stereocenters. The standard InChI is InChI=1S/C58H38N2O2.C40H29N.C18H10BrNO2.CH4/c1-57(2)41-20-7-6-19-40(41)54-45(57)24-13-26-48(54)59(49-27-14-29-51-55(49)60-47-25-11-12-28-50(47)61-52-30-15-31-53(62-51)56(52)60)35-32-33-39-38-18-5-10-23-44(38)58(46(39)34-35)42-21-8-3-16-36(42)37-17-4-9-22-43(37)58;1-39(2)31-16-7-6-15-30(31)38-35(39)20-11-21-37(38)41-25-22-23-29-28-14-5-10-19-34(28)40(36(29)24-25)32-17-8-3-12-26(32)27-13-4-9-18-33(27)40;19-11-5-3-8-14-17(11)20-12-6-1-2-7-13(12)21-15-9-4-10-16(22-14)18(15)20;/h3-34H,1-2H3;3-24,41H,1-2H3;1-10H;1H4. The molecule has 0 aromatic heterocycles. The summed E-state index contributed by atoms with van der Waals surface area (Å²) in [6, 6.07) is 141. The second-order valence-electron chi connectivity index (χ2n) is 34.9. The number of rotatable bonds is 5. The molecule has 8 nitrogen and oxygen atoms in total. The van der Waals surface area contributed by atoms with Crippen LogP contribution in [0.25, 0.3) is 66.8 Å². The van der Waals surface area contributed by atoms with Gasteiger partial charge in [-0.25, -0.2) is 0 Å². The zero-order valence-electron chi connectivity index (χ0n) is 68.8. The van der Waals surface area contributed by atoms with Crippen LogP contribution < -0.4 is 39.0 Å². The summed E-state index contributed by atoms with van der Waals surface area (Å²) in [5.74, 6) is 6.39. The van der Waals surface area contributed by atoms with Crippen molar-refractivity contribution in [3.8, 4) is 113 Å². The molecule has 4 aliphatic heterocycles. The summed E-state index contributed by atoms with van der Waals surface area (Å²) in [6.07, 6.45) is 0. The summed E-state index contributed by atoms with van der Waals surface area (Å²) in [5.41, 5.74) is 42.0. The minimum Gasteiger partial charge on any atom is -0.453 e. The number of hydrogen-bond donors (Lipinski definition) is 1. The van der Waals surface area contributed by atoms with Gasteiger partial charge >= 0.3 is 0 Å². The van der Waals surface area contributed by atoms with E-state index in [0.29, 0.717) is 0 Å². The first-order chi connectivity index (χ1) is 61.5. The molecule has 28 rings (SSSR count). The van der Waals surface area contributed by atoms with Crippen molar-refractivity contribution in [3.63, 3.8) is 0 Å². The third-order valence-corrected chi connectivity index (χ3v) is 28.7. The molecule has 0 radical (unpaired) electrons. The molecule has 9 heteroatoms. The first-order valence-corrected chi connectivity index (χ1v) is 43.8.